The highest BCUT2D eigenvalue weighted by molar-refractivity contribution is 5.04. The average Bonchev–Trinajstić information content (AvgIpc) is 2.68. The minimum Gasteiger partial charge on any atom is -0.368 e. The molecule has 76 valence electrons. The number of nitrogens with one attached hydrogen (secondary N) is 1. The van der Waals surface area contributed by atoms with Gasteiger partial charge in [-0.2, -0.15) is 0 Å². The van der Waals surface area contributed by atoms with Crippen LogP contribution in [0.1, 0.15) is 7.43 Å². The molecular formula is C11H13F2N. The maximum absolute atomic E-state index is 11.9. The van der Waals surface area contributed by atoms with Crippen LogP contribution in [0, 0.1) is 11.6 Å². The number of halogens is 2. The molecule has 0 saturated carbocycles. The summed E-state index contributed by atoms with van der Waals surface area (Å²) in [6.07, 6.45) is 3.75. The third kappa shape index (κ3) is 5.09. The van der Waals surface area contributed by atoms with Gasteiger partial charge in [0.15, 0.2) is 0 Å². The Kier molecular flexibility index (Phi) is 6.03. The van der Waals surface area contributed by atoms with Crippen LogP contribution in [0.4, 0.5) is 8.78 Å². The van der Waals surface area contributed by atoms with Gasteiger partial charge in [-0.15, -0.1) is 0 Å². The van der Waals surface area contributed by atoms with Crippen molar-refractivity contribution in [2.45, 2.75) is 7.43 Å². The number of aromatic amines is 1. The van der Waals surface area contributed by atoms with Crippen LogP contribution in [0.25, 0.3) is 0 Å². The summed E-state index contributed by atoms with van der Waals surface area (Å²) in [7, 11) is 0. The summed E-state index contributed by atoms with van der Waals surface area (Å²) in [5.74, 6) is -0.821. The molecule has 0 atom stereocenters. The van der Waals surface area contributed by atoms with E-state index >= 15 is 0 Å². The van der Waals surface area contributed by atoms with Crippen molar-refractivity contribution in [1.29, 1.82) is 0 Å². The van der Waals surface area contributed by atoms with Gasteiger partial charge in [0.05, 0.1) is 0 Å². The third-order valence-corrected chi connectivity index (χ3v) is 1.30. The van der Waals surface area contributed by atoms with E-state index in [1.165, 1.54) is 0 Å². The molecule has 2 aromatic rings. The fourth-order valence-electron chi connectivity index (χ4n) is 0.707. The topological polar surface area (TPSA) is 15.8 Å². The molecule has 1 heterocycles. The highest BCUT2D eigenvalue weighted by atomic mass is 19.1. The van der Waals surface area contributed by atoms with Crippen LogP contribution in [0.2, 0.25) is 0 Å². The molecular weight excluding hydrogens is 184 g/mol. The second-order valence-corrected chi connectivity index (χ2v) is 2.32. The number of hydrogen-bond acceptors (Lipinski definition) is 0. The second-order valence-electron chi connectivity index (χ2n) is 2.32. The lowest BCUT2D eigenvalue weighted by molar-refractivity contribution is 0.600. The molecule has 0 bridgehead atoms. The van der Waals surface area contributed by atoms with Crippen molar-refractivity contribution in [2.75, 3.05) is 0 Å². The van der Waals surface area contributed by atoms with Crippen molar-refractivity contribution < 1.29 is 8.78 Å². The Morgan fingerprint density at radius 2 is 1.14 bits per heavy atom. The molecule has 1 nitrogen and oxygen atoms in total. The summed E-state index contributed by atoms with van der Waals surface area (Å²) in [4.78, 5) is 2.86. The smallest absolute Gasteiger partial charge is 0.123 e. The van der Waals surface area contributed by atoms with Gasteiger partial charge in [0.2, 0.25) is 0 Å². The molecule has 1 aromatic carbocycles. The Morgan fingerprint density at radius 3 is 1.36 bits per heavy atom. The molecule has 0 amide bonds. The number of aromatic nitrogens is 1. The van der Waals surface area contributed by atoms with Crippen LogP contribution in [0.5, 0.6) is 0 Å². The summed E-state index contributed by atoms with van der Waals surface area (Å²) >= 11 is 0. The number of benzene rings is 1. The van der Waals surface area contributed by atoms with Gasteiger partial charge in [0.1, 0.15) is 11.6 Å². The Morgan fingerprint density at radius 1 is 0.786 bits per heavy atom. The highest BCUT2D eigenvalue weighted by Crippen LogP contribution is 1.98. The van der Waals surface area contributed by atoms with Crippen molar-refractivity contribution in [1.82, 2.24) is 4.98 Å². The van der Waals surface area contributed by atoms with Gasteiger partial charge in [-0.05, 0) is 36.4 Å². The van der Waals surface area contributed by atoms with E-state index in [1.807, 2.05) is 24.5 Å². The monoisotopic (exact) mass is 197 g/mol. The zero-order valence-electron chi connectivity index (χ0n) is 6.87. The van der Waals surface area contributed by atoms with Crippen LogP contribution in [0.3, 0.4) is 0 Å². The predicted molar refractivity (Wildman–Crippen MR) is 53.9 cm³/mol. The lowest BCUT2D eigenvalue weighted by atomic mass is 10.3. The van der Waals surface area contributed by atoms with Gasteiger partial charge < -0.3 is 4.98 Å². The molecule has 0 aliphatic rings. The number of hydrogen-bond donors (Lipinski definition) is 1. The first-order valence-electron chi connectivity index (χ1n) is 3.78. The van der Waals surface area contributed by atoms with Crippen LogP contribution in [-0.2, 0) is 0 Å². The fraction of sp³-hybridized carbons (Fsp3) is 0.0909. The van der Waals surface area contributed by atoms with E-state index < -0.39 is 11.6 Å². The summed E-state index contributed by atoms with van der Waals surface area (Å²) in [5.41, 5.74) is 0. The zero-order chi connectivity index (χ0) is 9.52. The van der Waals surface area contributed by atoms with E-state index in [0.717, 1.165) is 24.3 Å². The molecule has 0 spiro atoms. The van der Waals surface area contributed by atoms with Gasteiger partial charge >= 0.3 is 0 Å². The van der Waals surface area contributed by atoms with Crippen LogP contribution >= 0.6 is 0 Å². The molecule has 0 aliphatic heterocycles. The van der Waals surface area contributed by atoms with E-state index in [2.05, 4.69) is 4.98 Å². The third-order valence-electron chi connectivity index (χ3n) is 1.30. The van der Waals surface area contributed by atoms with E-state index in [9.17, 15) is 8.78 Å². The lowest BCUT2D eigenvalue weighted by Gasteiger charge is -1.83. The Bertz CT molecular complexity index is 275. The van der Waals surface area contributed by atoms with E-state index in [-0.39, 0.29) is 7.43 Å². The molecule has 1 aromatic heterocycles. The van der Waals surface area contributed by atoms with E-state index in [0.29, 0.717) is 0 Å². The number of rotatable bonds is 0. The summed E-state index contributed by atoms with van der Waals surface area (Å²) in [6.45, 7) is 0. The van der Waals surface area contributed by atoms with Crippen LogP contribution in [0.15, 0.2) is 48.8 Å². The molecule has 0 unspecified atom stereocenters. The summed E-state index contributed by atoms with van der Waals surface area (Å²) in [5, 5.41) is 0. The molecule has 0 aliphatic carbocycles. The predicted octanol–water partition coefficient (Wildman–Crippen LogP) is 3.62. The normalized spacial score (nSPS) is 8.14. The maximum atomic E-state index is 11.9. The van der Waals surface area contributed by atoms with Crippen molar-refractivity contribution in [3.05, 3.63) is 60.4 Å². The minimum atomic E-state index is -0.411. The molecule has 0 fully saturated rings. The van der Waals surface area contributed by atoms with Crippen molar-refractivity contribution in [3.8, 4) is 0 Å². The highest BCUT2D eigenvalue weighted by Gasteiger charge is 1.86. The van der Waals surface area contributed by atoms with Crippen LogP contribution < -0.4 is 0 Å². The van der Waals surface area contributed by atoms with Crippen molar-refractivity contribution in [3.63, 3.8) is 0 Å². The zero-order valence-corrected chi connectivity index (χ0v) is 6.87. The summed E-state index contributed by atoms with van der Waals surface area (Å²) in [6, 6.07) is 8.20. The Labute approximate surface area is 82.4 Å². The quantitative estimate of drug-likeness (QED) is 0.664. The molecule has 1 N–H and O–H groups in total. The van der Waals surface area contributed by atoms with Crippen molar-refractivity contribution >= 4 is 0 Å². The minimum absolute atomic E-state index is 0. The Hall–Kier alpha value is -1.64. The molecule has 2 rings (SSSR count). The SMILES string of the molecule is C.Fc1ccc(F)cc1.c1cc[nH]c1. The lowest BCUT2D eigenvalue weighted by Crippen LogP contribution is -1.72. The van der Waals surface area contributed by atoms with Gasteiger partial charge in [0, 0.05) is 12.4 Å². The first-order valence-corrected chi connectivity index (χ1v) is 3.78. The maximum Gasteiger partial charge on any atom is 0.123 e. The van der Waals surface area contributed by atoms with E-state index in [1.54, 1.807) is 0 Å². The fourth-order valence-corrected chi connectivity index (χ4v) is 0.707. The van der Waals surface area contributed by atoms with Crippen molar-refractivity contribution in [2.24, 2.45) is 0 Å². The van der Waals surface area contributed by atoms with Gasteiger partial charge in [-0.3, -0.25) is 0 Å². The van der Waals surface area contributed by atoms with E-state index in [4.69, 9.17) is 0 Å². The first kappa shape index (κ1) is 12.4. The summed E-state index contributed by atoms with van der Waals surface area (Å²) < 4.78 is 23.8. The van der Waals surface area contributed by atoms with Gasteiger partial charge in [-0.25, -0.2) is 8.78 Å². The standard InChI is InChI=1S/C6H4F2.C4H5N.CH4/c7-5-1-2-6(8)4-3-5;1-2-4-5-3-1;/h1-4H;1-5H;1H4. The second kappa shape index (κ2) is 6.83. The largest absolute Gasteiger partial charge is 0.368 e. The molecule has 14 heavy (non-hydrogen) atoms. The number of H-pyrrole nitrogens is 1. The molecule has 3 heteroatoms. The molecule has 0 saturated heterocycles. The Balaban J connectivity index is 0.000000246. The van der Waals surface area contributed by atoms with Crippen LogP contribution in [-0.4, -0.2) is 4.98 Å². The molecule has 0 radical (unpaired) electrons. The van der Waals surface area contributed by atoms with Gasteiger partial charge in [-0.1, -0.05) is 7.43 Å². The first-order chi connectivity index (χ1) is 6.29. The van der Waals surface area contributed by atoms with Gasteiger partial charge in [0.25, 0.3) is 0 Å². The average molecular weight is 197 g/mol.